The van der Waals surface area contributed by atoms with E-state index in [9.17, 15) is 4.79 Å². The van der Waals surface area contributed by atoms with Crippen LogP contribution in [0.5, 0.6) is 0 Å². The molecule has 0 unspecified atom stereocenters. The molecule has 2 heteroatoms. The molecule has 0 bridgehead atoms. The number of ether oxygens (including phenoxy) is 1. The molecule has 3 aromatic carbocycles. The van der Waals surface area contributed by atoms with E-state index in [2.05, 4.69) is 0 Å². The summed E-state index contributed by atoms with van der Waals surface area (Å²) >= 11 is 0. The zero-order valence-electron chi connectivity index (χ0n) is 12.7. The first-order valence-corrected chi connectivity index (χ1v) is 7.55. The van der Waals surface area contributed by atoms with E-state index in [4.69, 9.17) is 4.74 Å². The van der Waals surface area contributed by atoms with Crippen molar-refractivity contribution in [1.82, 2.24) is 0 Å². The number of hydrogen-bond acceptors (Lipinski definition) is 2. The number of rotatable bonds is 6. The molecule has 0 aliphatic heterocycles. The van der Waals surface area contributed by atoms with E-state index in [1.54, 1.807) is 6.47 Å². The maximum absolute atomic E-state index is 11.2. The highest BCUT2D eigenvalue weighted by Crippen LogP contribution is 2.36. The summed E-state index contributed by atoms with van der Waals surface area (Å²) in [6, 6.07) is 29.6. The Labute approximate surface area is 136 Å². The molecule has 0 fully saturated rings. The van der Waals surface area contributed by atoms with Crippen molar-refractivity contribution in [1.29, 1.82) is 0 Å². The van der Waals surface area contributed by atoms with Crippen LogP contribution in [0.15, 0.2) is 91.0 Å². The van der Waals surface area contributed by atoms with Gasteiger partial charge in [-0.25, -0.2) is 4.79 Å². The Bertz CT molecular complexity index is 697. The monoisotopic (exact) mass is 301 g/mol. The van der Waals surface area contributed by atoms with Crippen LogP contribution in [0.1, 0.15) is 16.7 Å². The van der Waals surface area contributed by atoms with Crippen molar-refractivity contribution in [3.05, 3.63) is 108 Å². The summed E-state index contributed by atoms with van der Waals surface area (Å²) < 4.78 is 5.60. The molecule has 1 radical (unpaired) electrons. The first-order chi connectivity index (χ1) is 11.3. The Morgan fingerprint density at radius 3 is 1.57 bits per heavy atom. The van der Waals surface area contributed by atoms with Crippen LogP contribution in [-0.2, 0) is 21.6 Å². The Morgan fingerprint density at radius 2 is 1.13 bits per heavy atom. The molecular weight excluding hydrogens is 284 g/mol. The van der Waals surface area contributed by atoms with Gasteiger partial charge in [0.2, 0.25) is 0 Å². The van der Waals surface area contributed by atoms with Crippen LogP contribution in [0.3, 0.4) is 0 Å². The van der Waals surface area contributed by atoms with E-state index in [-0.39, 0.29) is 0 Å². The lowest BCUT2D eigenvalue weighted by molar-refractivity contribution is 0.0901. The number of carbonyl (C=O) groups excluding carboxylic acids is 1. The summed E-state index contributed by atoms with van der Waals surface area (Å²) in [5.41, 5.74) is 2.07. The van der Waals surface area contributed by atoms with Crippen LogP contribution in [0, 0.1) is 0 Å². The zero-order chi connectivity index (χ0) is 16.0. The topological polar surface area (TPSA) is 26.3 Å². The fourth-order valence-electron chi connectivity index (χ4n) is 2.89. The number of benzene rings is 3. The van der Waals surface area contributed by atoms with E-state index >= 15 is 0 Å². The molecular formula is C21H17O2. The Balaban J connectivity index is 2.16. The predicted molar refractivity (Wildman–Crippen MR) is 90.6 cm³/mol. The third-order valence-corrected chi connectivity index (χ3v) is 3.99. The molecule has 2 nitrogen and oxygen atoms in total. The van der Waals surface area contributed by atoms with Crippen molar-refractivity contribution in [2.45, 2.75) is 12.0 Å². The predicted octanol–water partition coefficient (Wildman–Crippen LogP) is 4.26. The van der Waals surface area contributed by atoms with Gasteiger partial charge in [0.05, 0.1) is 0 Å². The van der Waals surface area contributed by atoms with Crippen molar-refractivity contribution in [3.8, 4) is 0 Å². The normalized spacial score (nSPS) is 11.0. The van der Waals surface area contributed by atoms with Gasteiger partial charge in [-0.1, -0.05) is 91.0 Å². The summed E-state index contributed by atoms with van der Waals surface area (Å²) in [4.78, 5) is 11.2. The first-order valence-electron chi connectivity index (χ1n) is 7.55. The van der Waals surface area contributed by atoms with Gasteiger partial charge in [0, 0.05) is 17.5 Å². The highest BCUT2D eigenvalue weighted by Gasteiger charge is 2.36. The molecule has 3 rings (SSSR count). The van der Waals surface area contributed by atoms with Gasteiger partial charge >= 0.3 is 6.47 Å². The SMILES string of the molecule is O=[C]OC(Cc1ccccc1)(c1ccccc1)c1ccccc1. The van der Waals surface area contributed by atoms with Gasteiger partial charge in [0.25, 0.3) is 0 Å². The molecule has 113 valence electrons. The van der Waals surface area contributed by atoms with Crippen molar-refractivity contribution < 1.29 is 9.53 Å². The maximum Gasteiger partial charge on any atom is 0.418 e. The molecule has 0 aliphatic rings. The minimum Gasteiger partial charge on any atom is -0.440 e. The average molecular weight is 301 g/mol. The van der Waals surface area contributed by atoms with Crippen LogP contribution in [-0.4, -0.2) is 6.47 Å². The lowest BCUT2D eigenvalue weighted by Gasteiger charge is -2.33. The van der Waals surface area contributed by atoms with Gasteiger partial charge in [-0.3, -0.25) is 0 Å². The van der Waals surface area contributed by atoms with Gasteiger partial charge in [-0.2, -0.15) is 0 Å². The summed E-state index contributed by atoms with van der Waals surface area (Å²) in [5.74, 6) is 0. The van der Waals surface area contributed by atoms with Gasteiger partial charge < -0.3 is 4.74 Å². The standard InChI is InChI=1S/C21H17O2/c22-17-23-21(19-12-6-2-7-13-19,20-14-8-3-9-15-20)16-18-10-4-1-5-11-18/h1-15H,16H2. The Hall–Kier alpha value is -2.87. The maximum atomic E-state index is 11.2. The summed E-state index contributed by atoms with van der Waals surface area (Å²) in [7, 11) is 0. The lowest BCUT2D eigenvalue weighted by Crippen LogP contribution is -2.33. The van der Waals surface area contributed by atoms with Crippen LogP contribution >= 0.6 is 0 Å². The molecule has 23 heavy (non-hydrogen) atoms. The minimum absolute atomic E-state index is 0.553. The average Bonchev–Trinajstić information content (AvgIpc) is 2.64. The van der Waals surface area contributed by atoms with Crippen molar-refractivity contribution in [3.63, 3.8) is 0 Å². The lowest BCUT2D eigenvalue weighted by atomic mass is 9.81. The highest BCUT2D eigenvalue weighted by atomic mass is 16.5. The largest absolute Gasteiger partial charge is 0.440 e. The van der Waals surface area contributed by atoms with Crippen LogP contribution in [0.4, 0.5) is 0 Å². The fraction of sp³-hybridized carbons (Fsp3) is 0.0952. The quantitative estimate of drug-likeness (QED) is 0.680. The van der Waals surface area contributed by atoms with Gasteiger partial charge in [0.1, 0.15) is 0 Å². The molecule has 0 aliphatic carbocycles. The second-order valence-corrected chi connectivity index (χ2v) is 5.41. The third-order valence-electron chi connectivity index (χ3n) is 3.99. The number of hydrogen-bond donors (Lipinski definition) is 0. The van der Waals surface area contributed by atoms with Crippen molar-refractivity contribution in [2.24, 2.45) is 0 Å². The van der Waals surface area contributed by atoms with Crippen LogP contribution in [0.25, 0.3) is 0 Å². The molecule has 0 saturated heterocycles. The highest BCUT2D eigenvalue weighted by molar-refractivity contribution is 5.47. The van der Waals surface area contributed by atoms with Crippen LogP contribution in [0.2, 0.25) is 0 Å². The van der Waals surface area contributed by atoms with E-state index in [1.165, 1.54) is 0 Å². The first kappa shape index (κ1) is 15.0. The molecule has 0 atom stereocenters. The Morgan fingerprint density at radius 1 is 0.696 bits per heavy atom. The molecule has 0 spiro atoms. The molecule has 3 aromatic rings. The van der Waals surface area contributed by atoms with E-state index in [0.29, 0.717) is 6.42 Å². The molecule has 0 aromatic heterocycles. The summed E-state index contributed by atoms with van der Waals surface area (Å²) in [6.45, 7) is 1.68. The molecule has 0 amide bonds. The van der Waals surface area contributed by atoms with E-state index in [1.807, 2.05) is 91.0 Å². The minimum atomic E-state index is -0.883. The molecule has 0 N–H and O–H groups in total. The second kappa shape index (κ2) is 6.93. The van der Waals surface area contributed by atoms with Crippen molar-refractivity contribution in [2.75, 3.05) is 0 Å². The van der Waals surface area contributed by atoms with Crippen molar-refractivity contribution >= 4 is 6.47 Å². The van der Waals surface area contributed by atoms with Crippen LogP contribution < -0.4 is 0 Å². The smallest absolute Gasteiger partial charge is 0.418 e. The zero-order valence-corrected chi connectivity index (χ0v) is 12.7. The molecule has 0 saturated carbocycles. The summed E-state index contributed by atoms with van der Waals surface area (Å²) in [5, 5.41) is 0. The second-order valence-electron chi connectivity index (χ2n) is 5.41. The summed E-state index contributed by atoms with van der Waals surface area (Å²) in [6.07, 6.45) is 0.553. The van der Waals surface area contributed by atoms with E-state index in [0.717, 1.165) is 16.7 Å². The molecule has 0 heterocycles. The van der Waals surface area contributed by atoms with Gasteiger partial charge in [0.15, 0.2) is 5.60 Å². The Kier molecular flexibility index (Phi) is 4.53. The van der Waals surface area contributed by atoms with E-state index < -0.39 is 5.60 Å². The fourth-order valence-corrected chi connectivity index (χ4v) is 2.89. The third kappa shape index (κ3) is 3.16. The van der Waals surface area contributed by atoms with Gasteiger partial charge in [-0.05, 0) is 5.56 Å². The van der Waals surface area contributed by atoms with Gasteiger partial charge in [-0.15, -0.1) is 0 Å².